The average molecular weight is 683 g/mol. The highest BCUT2D eigenvalue weighted by Gasteiger charge is 2.39. The van der Waals surface area contributed by atoms with Crippen LogP contribution >= 0.6 is 15.9 Å². The third-order valence-corrected chi connectivity index (χ3v) is 10.3. The van der Waals surface area contributed by atoms with Crippen LogP contribution in [0.25, 0.3) is 43.1 Å². The maximum Gasteiger partial charge on any atom is 0.338 e. The molecule has 0 aromatic heterocycles. The Morgan fingerprint density at radius 2 is 1.26 bits per heavy atom. The number of hydrogen-bond acceptors (Lipinski definition) is 6. The van der Waals surface area contributed by atoms with Crippen molar-refractivity contribution in [3.05, 3.63) is 69.2 Å². The van der Waals surface area contributed by atoms with E-state index in [0.29, 0.717) is 37.5 Å². The van der Waals surface area contributed by atoms with E-state index in [4.69, 9.17) is 9.47 Å². The third kappa shape index (κ3) is 4.75. The number of imide groups is 1. The molecule has 1 fully saturated rings. The molecule has 2 aliphatic rings. The van der Waals surface area contributed by atoms with Crippen LogP contribution in [-0.2, 0) is 9.47 Å². The van der Waals surface area contributed by atoms with Crippen LogP contribution in [0.5, 0.6) is 0 Å². The number of nitrogens with zero attached hydrogens (tertiary/aromatic N) is 1. The smallest absolute Gasteiger partial charge is 0.338 e. The molecule has 46 heavy (non-hydrogen) atoms. The first kappa shape index (κ1) is 30.6. The number of unbranched alkanes of at least 4 members (excludes halogenated alkanes) is 2. The van der Waals surface area contributed by atoms with Crippen LogP contribution in [0.2, 0.25) is 0 Å². The Balaban J connectivity index is 1.51. The molecule has 0 unspecified atom stereocenters. The van der Waals surface area contributed by atoms with Gasteiger partial charge in [0.2, 0.25) is 0 Å². The predicted molar refractivity (Wildman–Crippen MR) is 183 cm³/mol. The van der Waals surface area contributed by atoms with E-state index in [0.717, 1.165) is 90.1 Å². The number of esters is 2. The molecular weight excluding hydrogens is 646 g/mol. The minimum Gasteiger partial charge on any atom is -0.462 e. The summed E-state index contributed by atoms with van der Waals surface area (Å²) in [6, 6.07) is 12.7. The van der Waals surface area contributed by atoms with Crippen LogP contribution in [0.3, 0.4) is 0 Å². The van der Waals surface area contributed by atoms with Crippen LogP contribution in [0.1, 0.15) is 113 Å². The number of halogens is 1. The number of hydrogen-bond donors (Lipinski definition) is 0. The molecule has 236 valence electrons. The summed E-state index contributed by atoms with van der Waals surface area (Å²) in [5, 5.41) is 5.97. The topological polar surface area (TPSA) is 90.0 Å². The Morgan fingerprint density at radius 3 is 1.89 bits per heavy atom. The van der Waals surface area contributed by atoms with Crippen LogP contribution < -0.4 is 0 Å². The highest BCUT2D eigenvalue weighted by atomic mass is 79.9. The Labute approximate surface area is 275 Å². The molecular formula is C38H36BrNO6. The van der Waals surface area contributed by atoms with E-state index in [1.807, 2.05) is 44.2 Å². The zero-order valence-electron chi connectivity index (χ0n) is 26.2. The van der Waals surface area contributed by atoms with E-state index in [-0.39, 0.29) is 31.1 Å². The molecule has 1 heterocycles. The van der Waals surface area contributed by atoms with Crippen molar-refractivity contribution in [2.75, 3.05) is 13.2 Å². The van der Waals surface area contributed by atoms with Gasteiger partial charge in [-0.25, -0.2) is 9.59 Å². The maximum atomic E-state index is 14.1. The first-order valence-electron chi connectivity index (χ1n) is 16.5. The molecule has 0 radical (unpaired) electrons. The largest absolute Gasteiger partial charge is 0.462 e. The first-order valence-corrected chi connectivity index (χ1v) is 17.3. The Bertz CT molecular complexity index is 2030. The van der Waals surface area contributed by atoms with Gasteiger partial charge in [0.1, 0.15) is 0 Å². The summed E-state index contributed by atoms with van der Waals surface area (Å²) in [4.78, 5) is 56.6. The lowest BCUT2D eigenvalue weighted by Gasteiger charge is -2.36. The minimum atomic E-state index is -0.492. The van der Waals surface area contributed by atoms with Crippen LogP contribution in [0.15, 0.2) is 46.9 Å². The molecule has 1 aliphatic heterocycles. The normalized spacial score (nSPS) is 15.5. The van der Waals surface area contributed by atoms with Gasteiger partial charge in [-0.2, -0.15) is 0 Å². The molecule has 2 amide bonds. The number of amides is 2. The number of ether oxygens (including phenoxy) is 2. The Kier molecular flexibility index (Phi) is 8.17. The third-order valence-electron chi connectivity index (χ3n) is 9.69. The van der Waals surface area contributed by atoms with Crippen molar-refractivity contribution in [2.24, 2.45) is 0 Å². The standard InChI is InChI=1S/C38H36BrNO6/c1-3-5-18-45-37(43)26-16-13-22-23-12-15-25-31-28(36(42)40(35(25)41)21-10-8-7-9-11-21)20-29(39)33(34(23)31)24-14-17-27(32(26)30(22)24)38(44)46-19-6-4-2/h12-17,20-21H,3-11,18-19H2,1-2H3. The molecule has 0 spiro atoms. The highest BCUT2D eigenvalue weighted by Crippen LogP contribution is 2.48. The van der Waals surface area contributed by atoms with E-state index < -0.39 is 11.9 Å². The molecule has 8 heteroatoms. The monoisotopic (exact) mass is 681 g/mol. The van der Waals surface area contributed by atoms with Gasteiger partial charge in [-0.15, -0.1) is 0 Å². The predicted octanol–water partition coefficient (Wildman–Crippen LogP) is 9.34. The lowest BCUT2D eigenvalue weighted by atomic mass is 9.82. The van der Waals surface area contributed by atoms with Gasteiger partial charge in [0.15, 0.2) is 0 Å². The van der Waals surface area contributed by atoms with Crippen LogP contribution in [-0.4, -0.2) is 47.9 Å². The quantitative estimate of drug-likeness (QED) is 0.0506. The van der Waals surface area contributed by atoms with E-state index >= 15 is 0 Å². The zero-order valence-corrected chi connectivity index (χ0v) is 27.8. The summed E-state index contributed by atoms with van der Waals surface area (Å²) in [5.74, 6) is -1.47. The second kappa shape index (κ2) is 12.3. The second-order valence-electron chi connectivity index (χ2n) is 12.5. The van der Waals surface area contributed by atoms with Gasteiger partial charge in [-0.05, 0) is 71.5 Å². The summed E-state index contributed by atoms with van der Waals surface area (Å²) in [5.41, 5.74) is 1.65. The lowest BCUT2D eigenvalue weighted by Crippen LogP contribution is -2.47. The fraction of sp³-hybridized carbons (Fsp3) is 0.368. The first-order chi connectivity index (χ1) is 22.4. The number of rotatable bonds is 9. The van der Waals surface area contributed by atoms with Gasteiger partial charge in [0.05, 0.1) is 24.3 Å². The van der Waals surface area contributed by atoms with Gasteiger partial charge < -0.3 is 9.47 Å². The Morgan fingerprint density at radius 1 is 0.696 bits per heavy atom. The number of carbonyl (C=O) groups excluding carboxylic acids is 4. The van der Waals surface area contributed by atoms with E-state index in [9.17, 15) is 19.2 Å². The minimum absolute atomic E-state index is 0.0940. The van der Waals surface area contributed by atoms with Gasteiger partial charge in [-0.3, -0.25) is 14.5 Å². The van der Waals surface area contributed by atoms with Crippen molar-refractivity contribution >= 4 is 82.8 Å². The number of benzene rings is 5. The summed E-state index contributed by atoms with van der Waals surface area (Å²) in [6.07, 6.45) is 8.04. The van der Waals surface area contributed by atoms with Crippen molar-refractivity contribution in [1.82, 2.24) is 4.90 Å². The van der Waals surface area contributed by atoms with E-state index in [1.165, 1.54) is 4.90 Å². The van der Waals surface area contributed by atoms with Crippen molar-refractivity contribution in [3.8, 4) is 0 Å². The summed E-state index contributed by atoms with van der Waals surface area (Å²) >= 11 is 3.80. The summed E-state index contributed by atoms with van der Waals surface area (Å²) in [6.45, 7) is 4.63. The van der Waals surface area contributed by atoms with Gasteiger partial charge in [0.25, 0.3) is 11.8 Å². The molecule has 1 aliphatic carbocycles. The fourth-order valence-electron chi connectivity index (χ4n) is 7.43. The molecule has 7 rings (SSSR count). The highest BCUT2D eigenvalue weighted by molar-refractivity contribution is 9.10. The molecule has 1 saturated carbocycles. The lowest BCUT2D eigenvalue weighted by molar-refractivity contribution is 0.0486. The van der Waals surface area contributed by atoms with Gasteiger partial charge in [0, 0.05) is 43.2 Å². The molecule has 0 atom stereocenters. The Hall–Kier alpha value is -4.04. The van der Waals surface area contributed by atoms with Crippen molar-refractivity contribution in [2.45, 2.75) is 77.7 Å². The molecule has 0 N–H and O–H groups in total. The van der Waals surface area contributed by atoms with Gasteiger partial charge >= 0.3 is 11.9 Å². The van der Waals surface area contributed by atoms with Crippen LogP contribution in [0.4, 0.5) is 0 Å². The molecule has 5 aromatic rings. The van der Waals surface area contributed by atoms with Gasteiger partial charge in [-0.1, -0.05) is 80.1 Å². The summed E-state index contributed by atoms with van der Waals surface area (Å²) < 4.78 is 12.0. The second-order valence-corrected chi connectivity index (χ2v) is 13.4. The zero-order chi connectivity index (χ0) is 32.1. The number of carbonyl (C=O) groups is 4. The molecule has 5 aromatic carbocycles. The SMILES string of the molecule is CCCCOC(=O)c1ccc2c3ccc4c5c(cc(Br)c(c6ccc(C(=O)OCCCC)c1c26)c53)C(=O)N(C1CCCCC1)C4=O. The molecule has 7 nitrogen and oxygen atoms in total. The maximum absolute atomic E-state index is 14.1. The van der Waals surface area contributed by atoms with Crippen LogP contribution in [0, 0.1) is 0 Å². The van der Waals surface area contributed by atoms with E-state index in [2.05, 4.69) is 15.9 Å². The molecule has 0 saturated heterocycles. The number of fused-ring (bicyclic) bond motifs is 2. The van der Waals surface area contributed by atoms with E-state index in [1.54, 1.807) is 12.1 Å². The fourth-order valence-corrected chi connectivity index (χ4v) is 8.07. The summed E-state index contributed by atoms with van der Waals surface area (Å²) in [7, 11) is 0. The molecule has 0 bridgehead atoms. The van der Waals surface area contributed by atoms with Crippen molar-refractivity contribution in [3.63, 3.8) is 0 Å². The average Bonchev–Trinajstić information content (AvgIpc) is 3.07. The van der Waals surface area contributed by atoms with Crippen molar-refractivity contribution < 1.29 is 28.7 Å². The van der Waals surface area contributed by atoms with Crippen molar-refractivity contribution in [1.29, 1.82) is 0 Å².